The zero-order chi connectivity index (χ0) is 33.1. The zero-order valence-electron chi connectivity index (χ0n) is 25.0. The van der Waals surface area contributed by atoms with Gasteiger partial charge in [0.05, 0.1) is 38.3 Å². The van der Waals surface area contributed by atoms with Crippen molar-refractivity contribution in [2.75, 3.05) is 14.2 Å². The summed E-state index contributed by atoms with van der Waals surface area (Å²) in [5.74, 6) is -3.59. The molecule has 0 saturated heterocycles. The van der Waals surface area contributed by atoms with Gasteiger partial charge in [-0.1, -0.05) is 36.4 Å². The molecule has 4 rings (SSSR count). The summed E-state index contributed by atoms with van der Waals surface area (Å²) in [6, 6.07) is 19.9. The van der Waals surface area contributed by atoms with Gasteiger partial charge in [-0.2, -0.15) is 0 Å². The minimum absolute atomic E-state index is 0.00167. The number of aliphatic hydroxyl groups is 1. The van der Waals surface area contributed by atoms with Crippen LogP contribution in [-0.4, -0.2) is 78.5 Å². The van der Waals surface area contributed by atoms with Crippen molar-refractivity contribution in [1.82, 2.24) is 14.5 Å². The van der Waals surface area contributed by atoms with E-state index < -0.39 is 36.4 Å². The van der Waals surface area contributed by atoms with Gasteiger partial charge in [-0.15, -0.1) is 0 Å². The minimum atomic E-state index is -2.74. The average Bonchev–Trinajstić information content (AvgIpc) is 3.35. The lowest BCUT2D eigenvalue weighted by atomic mass is 9.96. The Morgan fingerprint density at radius 2 is 1.47 bits per heavy atom. The van der Waals surface area contributed by atoms with E-state index in [9.17, 15) is 19.2 Å². The lowest BCUT2D eigenvalue weighted by molar-refractivity contribution is -0.170. The number of carbonyl (C=O) groups excluding carboxylic acids is 1. The summed E-state index contributed by atoms with van der Waals surface area (Å²) < 4.78 is 12.9. The van der Waals surface area contributed by atoms with Crippen LogP contribution in [0.1, 0.15) is 41.4 Å². The smallest absolute Gasteiger partial charge is 0.336 e. The topological polar surface area (TPSA) is 189 Å². The van der Waals surface area contributed by atoms with Crippen LogP contribution in [0.3, 0.4) is 0 Å². The van der Waals surface area contributed by atoms with Gasteiger partial charge < -0.3 is 29.9 Å². The molecule has 0 spiro atoms. The monoisotopic (exact) mass is 621 g/mol. The number of ether oxygens (including phenoxy) is 2. The number of carboxylic acids is 3. The highest BCUT2D eigenvalue weighted by molar-refractivity contribution is 5.93. The van der Waals surface area contributed by atoms with Crippen LogP contribution in [0.4, 0.5) is 0 Å². The fourth-order valence-electron chi connectivity index (χ4n) is 4.80. The van der Waals surface area contributed by atoms with Gasteiger partial charge in [-0.3, -0.25) is 28.8 Å². The molecule has 4 N–H and O–H groups in total. The van der Waals surface area contributed by atoms with Crippen molar-refractivity contribution >= 4 is 34.7 Å². The SMILES string of the molecule is COc1cccc(CN(Cc2ccccn2)Cc2cn(C(C)=O)c3ccccc23)c1OC.O=C(O)CC(O)(CC(=O)O)C(=O)O. The molecule has 45 heavy (non-hydrogen) atoms. The quantitative estimate of drug-likeness (QED) is 0.170. The standard InChI is InChI=1S/C26H27N3O3.C6H8O7/c1-19(30)29-17-21(23-11-4-5-12-24(23)29)16-28(18-22-10-6-7-14-27-22)15-20-9-8-13-25(31-2)26(20)32-3;7-3(8)1-6(13,5(11)12)2-4(9)10/h4-14,17H,15-16,18H2,1-3H3;13H,1-2H2,(H,7,8)(H,9,10)(H,11,12). The summed E-state index contributed by atoms with van der Waals surface area (Å²) in [6.07, 6.45) is 1.46. The largest absolute Gasteiger partial charge is 0.493 e. The number of nitrogens with zero attached hydrogens (tertiary/aromatic N) is 3. The number of rotatable bonds is 13. The first kappa shape index (κ1) is 34.2. The molecule has 4 aromatic rings. The van der Waals surface area contributed by atoms with E-state index >= 15 is 0 Å². The van der Waals surface area contributed by atoms with Gasteiger partial charge in [0.2, 0.25) is 5.91 Å². The van der Waals surface area contributed by atoms with E-state index in [2.05, 4.69) is 16.0 Å². The van der Waals surface area contributed by atoms with Crippen LogP contribution in [-0.2, 0) is 34.0 Å². The molecule has 2 heterocycles. The number of aliphatic carboxylic acids is 3. The maximum Gasteiger partial charge on any atom is 0.336 e. The molecule has 0 aliphatic carbocycles. The molecule has 0 aliphatic heterocycles. The summed E-state index contributed by atoms with van der Waals surface area (Å²) in [4.78, 5) is 49.5. The van der Waals surface area contributed by atoms with Crippen LogP contribution in [0, 0.1) is 0 Å². The predicted molar refractivity (Wildman–Crippen MR) is 162 cm³/mol. The predicted octanol–water partition coefficient (Wildman–Crippen LogP) is 3.67. The van der Waals surface area contributed by atoms with Crippen molar-refractivity contribution in [3.8, 4) is 11.5 Å². The summed E-state index contributed by atoms with van der Waals surface area (Å²) in [6.45, 7) is 3.53. The number of aromatic nitrogens is 2. The van der Waals surface area contributed by atoms with Crippen molar-refractivity contribution in [3.05, 3.63) is 89.9 Å². The van der Waals surface area contributed by atoms with Gasteiger partial charge in [0, 0.05) is 49.9 Å². The number of para-hydroxylation sites is 2. The molecule has 0 atom stereocenters. The number of pyridine rings is 1. The third kappa shape index (κ3) is 9.11. The summed E-state index contributed by atoms with van der Waals surface area (Å²) >= 11 is 0. The van der Waals surface area contributed by atoms with E-state index in [-0.39, 0.29) is 5.91 Å². The molecule has 238 valence electrons. The average molecular weight is 622 g/mol. The van der Waals surface area contributed by atoms with Gasteiger partial charge >= 0.3 is 17.9 Å². The molecular weight excluding hydrogens is 586 g/mol. The number of carbonyl (C=O) groups is 4. The summed E-state index contributed by atoms with van der Waals surface area (Å²) in [5, 5.41) is 34.9. The van der Waals surface area contributed by atoms with Crippen molar-refractivity contribution in [2.45, 2.75) is 45.0 Å². The number of hydrogen-bond acceptors (Lipinski definition) is 9. The maximum atomic E-state index is 12.2. The number of carboxylic acid groups (broad SMARTS) is 3. The van der Waals surface area contributed by atoms with Crippen molar-refractivity contribution in [3.63, 3.8) is 0 Å². The minimum Gasteiger partial charge on any atom is -0.493 e. The molecular formula is C32H35N3O10. The second-order valence-corrected chi connectivity index (χ2v) is 10.2. The molecule has 13 heteroatoms. The molecule has 0 fully saturated rings. The van der Waals surface area contributed by atoms with E-state index in [1.807, 2.05) is 60.8 Å². The Hall–Kier alpha value is -5.27. The van der Waals surface area contributed by atoms with E-state index in [1.54, 1.807) is 31.9 Å². The molecule has 0 unspecified atom stereocenters. The highest BCUT2D eigenvalue weighted by Crippen LogP contribution is 2.32. The Balaban J connectivity index is 0.000000360. The van der Waals surface area contributed by atoms with Crippen LogP contribution in [0.5, 0.6) is 11.5 Å². The third-order valence-corrected chi connectivity index (χ3v) is 6.80. The van der Waals surface area contributed by atoms with E-state index in [4.69, 9.17) is 29.9 Å². The molecule has 2 aromatic carbocycles. The van der Waals surface area contributed by atoms with Crippen molar-refractivity contribution < 1.29 is 49.1 Å². The first-order valence-electron chi connectivity index (χ1n) is 13.7. The normalized spacial score (nSPS) is 11.0. The highest BCUT2D eigenvalue weighted by atomic mass is 16.5. The number of benzene rings is 2. The summed E-state index contributed by atoms with van der Waals surface area (Å²) in [7, 11) is 3.30. The highest BCUT2D eigenvalue weighted by Gasteiger charge is 2.40. The lowest BCUT2D eigenvalue weighted by Gasteiger charge is -2.23. The van der Waals surface area contributed by atoms with Gasteiger partial charge in [-0.25, -0.2) is 4.79 Å². The molecule has 0 saturated carbocycles. The van der Waals surface area contributed by atoms with E-state index in [0.29, 0.717) is 25.4 Å². The Bertz CT molecular complexity index is 1640. The zero-order valence-corrected chi connectivity index (χ0v) is 25.0. The van der Waals surface area contributed by atoms with Gasteiger partial charge in [0.1, 0.15) is 0 Å². The molecule has 2 aromatic heterocycles. The fourth-order valence-corrected chi connectivity index (χ4v) is 4.80. The van der Waals surface area contributed by atoms with Crippen LogP contribution < -0.4 is 9.47 Å². The lowest BCUT2D eigenvalue weighted by Crippen LogP contribution is -2.42. The van der Waals surface area contributed by atoms with E-state index in [0.717, 1.165) is 33.5 Å². The van der Waals surface area contributed by atoms with Gasteiger partial charge in [-0.05, 0) is 29.8 Å². The van der Waals surface area contributed by atoms with Crippen molar-refractivity contribution in [2.24, 2.45) is 0 Å². The Kier molecular flexibility index (Phi) is 11.8. The number of methoxy groups -OCH3 is 2. The summed E-state index contributed by atoms with van der Waals surface area (Å²) in [5.41, 5.74) is 1.28. The molecule has 0 aliphatic rings. The molecule has 0 radical (unpaired) electrons. The number of fused-ring (bicyclic) bond motifs is 1. The second kappa shape index (κ2) is 15.5. The maximum absolute atomic E-state index is 12.2. The number of hydrogen-bond donors (Lipinski definition) is 4. The fraction of sp³-hybridized carbons (Fsp3) is 0.281. The Labute approximate surface area is 258 Å². The molecule has 13 nitrogen and oxygen atoms in total. The van der Waals surface area contributed by atoms with E-state index in [1.165, 1.54) is 0 Å². The van der Waals surface area contributed by atoms with Gasteiger partial charge in [0.15, 0.2) is 17.1 Å². The van der Waals surface area contributed by atoms with Gasteiger partial charge in [0.25, 0.3) is 0 Å². The first-order chi connectivity index (χ1) is 21.4. The van der Waals surface area contributed by atoms with Crippen LogP contribution in [0.15, 0.2) is 73.1 Å². The molecule has 0 amide bonds. The van der Waals surface area contributed by atoms with Crippen LogP contribution in [0.2, 0.25) is 0 Å². The Morgan fingerprint density at radius 3 is 2.02 bits per heavy atom. The second-order valence-electron chi connectivity index (χ2n) is 10.2. The Morgan fingerprint density at radius 1 is 0.822 bits per heavy atom. The van der Waals surface area contributed by atoms with Crippen LogP contribution in [0.25, 0.3) is 10.9 Å². The van der Waals surface area contributed by atoms with Crippen LogP contribution >= 0.6 is 0 Å². The third-order valence-electron chi connectivity index (χ3n) is 6.80. The first-order valence-corrected chi connectivity index (χ1v) is 13.7. The molecule has 0 bridgehead atoms. The van der Waals surface area contributed by atoms with Crippen molar-refractivity contribution in [1.29, 1.82) is 0 Å².